The van der Waals surface area contributed by atoms with E-state index in [-0.39, 0.29) is 31.5 Å². The second-order valence-corrected chi connectivity index (χ2v) is 3.16. The monoisotopic (exact) mass is 204 g/mol. The number of aliphatic carboxylic acids is 1. The van der Waals surface area contributed by atoms with Gasteiger partial charge in [-0.25, -0.2) is 0 Å². The van der Waals surface area contributed by atoms with Crippen molar-refractivity contribution in [1.29, 1.82) is 0 Å². The fourth-order valence-electron chi connectivity index (χ4n) is 1.04. The molecule has 0 aromatic rings. The number of ketones is 1. The molecule has 0 aliphatic heterocycles. The molecule has 0 bridgehead atoms. The maximum absolute atomic E-state index is 11.0. The molecule has 0 aliphatic rings. The third-order valence-electron chi connectivity index (χ3n) is 1.76. The van der Waals surface area contributed by atoms with Crippen molar-refractivity contribution in [2.45, 2.75) is 44.8 Å². The lowest BCUT2D eigenvalue weighted by Crippen LogP contribution is -2.06. The van der Waals surface area contributed by atoms with Crippen molar-refractivity contribution in [2.75, 3.05) is 0 Å². The molecule has 0 amide bonds. The second-order valence-electron chi connectivity index (χ2n) is 3.16. The van der Waals surface area contributed by atoms with Crippen molar-refractivity contribution < 1.29 is 24.9 Å². The predicted octanol–water partition coefficient (Wildman–Crippen LogP) is 0.291. The number of carbonyl (C=O) groups excluding carboxylic acids is 1. The van der Waals surface area contributed by atoms with Crippen molar-refractivity contribution in [3.63, 3.8) is 0 Å². The Hall–Kier alpha value is -0.940. The van der Waals surface area contributed by atoms with Crippen molar-refractivity contribution in [3.8, 4) is 0 Å². The van der Waals surface area contributed by atoms with E-state index in [9.17, 15) is 9.59 Å². The summed E-state index contributed by atoms with van der Waals surface area (Å²) in [6.45, 7) is 0. The van der Waals surface area contributed by atoms with E-state index in [1.165, 1.54) is 0 Å². The molecule has 0 atom stereocenters. The molecule has 14 heavy (non-hydrogen) atoms. The Morgan fingerprint density at radius 3 is 2.07 bits per heavy atom. The highest BCUT2D eigenvalue weighted by Crippen LogP contribution is 2.04. The minimum Gasteiger partial charge on any atom is -0.481 e. The summed E-state index contributed by atoms with van der Waals surface area (Å²) in [5.41, 5.74) is 0. The largest absolute Gasteiger partial charge is 0.481 e. The smallest absolute Gasteiger partial charge is 0.303 e. The molecule has 5 nitrogen and oxygen atoms in total. The Kier molecular flexibility index (Phi) is 6.96. The van der Waals surface area contributed by atoms with Gasteiger partial charge < -0.3 is 15.3 Å². The number of carboxylic acid groups (broad SMARTS) is 1. The van der Waals surface area contributed by atoms with Crippen LogP contribution in [0.2, 0.25) is 0 Å². The molecule has 0 saturated heterocycles. The summed E-state index contributed by atoms with van der Waals surface area (Å²) >= 11 is 0. The van der Waals surface area contributed by atoms with Crippen LogP contribution in [0.4, 0.5) is 0 Å². The van der Waals surface area contributed by atoms with Crippen LogP contribution >= 0.6 is 0 Å². The van der Waals surface area contributed by atoms with Crippen LogP contribution in [0.25, 0.3) is 0 Å². The number of aliphatic hydroxyl groups excluding tert-OH is 1. The van der Waals surface area contributed by atoms with E-state index in [2.05, 4.69) is 0 Å². The molecule has 0 spiro atoms. The highest BCUT2D eigenvalue weighted by molar-refractivity contribution is 5.78. The first-order valence-corrected chi connectivity index (χ1v) is 4.62. The first-order valence-electron chi connectivity index (χ1n) is 4.62. The van der Waals surface area contributed by atoms with Crippen molar-refractivity contribution >= 4 is 11.8 Å². The summed E-state index contributed by atoms with van der Waals surface area (Å²) in [6.07, 6.45) is 0.172. The lowest BCUT2D eigenvalue weighted by molar-refractivity contribution is -0.137. The number of Topliss-reactive ketones (excluding diaryl/α,β-unsaturated/α-hetero) is 1. The quantitative estimate of drug-likeness (QED) is 0.494. The maximum Gasteiger partial charge on any atom is 0.303 e. The van der Waals surface area contributed by atoms with Crippen LogP contribution in [0, 0.1) is 0 Å². The van der Waals surface area contributed by atoms with Gasteiger partial charge in [0.15, 0.2) is 6.29 Å². The highest BCUT2D eigenvalue weighted by Gasteiger charge is 2.05. The molecule has 0 rings (SSSR count). The fraction of sp³-hybridized carbons (Fsp3) is 0.778. The fourth-order valence-corrected chi connectivity index (χ4v) is 1.04. The normalized spacial score (nSPS) is 10.5. The first kappa shape index (κ1) is 13.1. The third-order valence-corrected chi connectivity index (χ3v) is 1.76. The van der Waals surface area contributed by atoms with Gasteiger partial charge >= 0.3 is 5.97 Å². The Morgan fingerprint density at radius 1 is 1.00 bits per heavy atom. The molecule has 0 radical (unpaired) electrons. The number of aliphatic hydroxyl groups is 2. The lowest BCUT2D eigenvalue weighted by Gasteiger charge is -2.02. The van der Waals surface area contributed by atoms with Crippen molar-refractivity contribution in [2.24, 2.45) is 0 Å². The Balaban J connectivity index is 3.33. The van der Waals surface area contributed by atoms with Gasteiger partial charge in [-0.2, -0.15) is 0 Å². The van der Waals surface area contributed by atoms with E-state index in [4.69, 9.17) is 15.3 Å². The summed E-state index contributed by atoms with van der Waals surface area (Å²) in [4.78, 5) is 21.2. The molecule has 0 heterocycles. The van der Waals surface area contributed by atoms with Crippen LogP contribution in [0.3, 0.4) is 0 Å². The van der Waals surface area contributed by atoms with Crippen LogP contribution in [0.1, 0.15) is 38.5 Å². The molecule has 0 aliphatic carbocycles. The molecule has 0 aromatic carbocycles. The zero-order chi connectivity index (χ0) is 11.0. The zero-order valence-corrected chi connectivity index (χ0v) is 7.98. The van der Waals surface area contributed by atoms with E-state index < -0.39 is 12.3 Å². The lowest BCUT2D eigenvalue weighted by atomic mass is 10.1. The Bertz CT molecular complexity index is 188. The molecule has 0 unspecified atom stereocenters. The van der Waals surface area contributed by atoms with Crippen molar-refractivity contribution in [1.82, 2.24) is 0 Å². The minimum atomic E-state index is -1.36. The molecule has 82 valence electrons. The number of hydrogen-bond acceptors (Lipinski definition) is 4. The van der Waals surface area contributed by atoms with Crippen LogP contribution in [-0.4, -0.2) is 33.4 Å². The van der Waals surface area contributed by atoms with Crippen LogP contribution in [0.15, 0.2) is 0 Å². The second kappa shape index (κ2) is 7.46. The van der Waals surface area contributed by atoms with Crippen LogP contribution < -0.4 is 0 Å². The van der Waals surface area contributed by atoms with Gasteiger partial charge in [0.05, 0.1) is 0 Å². The molecule has 0 saturated carbocycles. The average molecular weight is 204 g/mol. The zero-order valence-electron chi connectivity index (χ0n) is 7.98. The van der Waals surface area contributed by atoms with Gasteiger partial charge in [-0.15, -0.1) is 0 Å². The molecular formula is C9H16O5. The summed E-state index contributed by atoms with van der Waals surface area (Å²) in [6, 6.07) is 0. The average Bonchev–Trinajstić information content (AvgIpc) is 2.02. The third kappa shape index (κ3) is 9.15. The molecule has 0 fully saturated rings. The van der Waals surface area contributed by atoms with E-state index in [1.54, 1.807) is 0 Å². The van der Waals surface area contributed by atoms with E-state index in [0.29, 0.717) is 12.8 Å². The van der Waals surface area contributed by atoms with Crippen LogP contribution in [0.5, 0.6) is 0 Å². The van der Waals surface area contributed by atoms with Crippen molar-refractivity contribution in [3.05, 3.63) is 0 Å². The molecule has 5 heteroatoms. The molecule has 0 aromatic heterocycles. The number of carboxylic acids is 1. The van der Waals surface area contributed by atoms with E-state index >= 15 is 0 Å². The van der Waals surface area contributed by atoms with Gasteiger partial charge in [0.2, 0.25) is 0 Å². The summed E-state index contributed by atoms with van der Waals surface area (Å²) < 4.78 is 0. The maximum atomic E-state index is 11.0. The standard InChI is InChI=1S/C9H16O5/c10-7(3-1-5-8(11)12)4-2-6-9(13)14/h8,11-12H,1-6H2,(H,13,14). The Labute approximate surface area is 82.4 Å². The summed E-state index contributed by atoms with van der Waals surface area (Å²) in [7, 11) is 0. The first-order chi connectivity index (χ1) is 6.52. The highest BCUT2D eigenvalue weighted by atomic mass is 16.5. The Morgan fingerprint density at radius 2 is 1.57 bits per heavy atom. The predicted molar refractivity (Wildman–Crippen MR) is 48.6 cm³/mol. The number of hydrogen-bond donors (Lipinski definition) is 3. The van der Waals surface area contributed by atoms with Gasteiger partial charge in [-0.3, -0.25) is 9.59 Å². The van der Waals surface area contributed by atoms with E-state index in [0.717, 1.165) is 0 Å². The van der Waals surface area contributed by atoms with Gasteiger partial charge in [-0.05, 0) is 19.3 Å². The summed E-state index contributed by atoms with van der Waals surface area (Å²) in [5, 5.41) is 25.3. The van der Waals surface area contributed by atoms with Gasteiger partial charge in [0, 0.05) is 19.3 Å². The minimum absolute atomic E-state index is 0.00830. The molecular weight excluding hydrogens is 188 g/mol. The number of carbonyl (C=O) groups is 2. The SMILES string of the molecule is O=C(O)CCCC(=O)CCCC(O)O. The van der Waals surface area contributed by atoms with Gasteiger partial charge in [0.25, 0.3) is 0 Å². The topological polar surface area (TPSA) is 94.8 Å². The number of rotatable bonds is 8. The van der Waals surface area contributed by atoms with Crippen LogP contribution in [-0.2, 0) is 9.59 Å². The summed E-state index contributed by atoms with van der Waals surface area (Å²) in [5.74, 6) is -0.921. The van der Waals surface area contributed by atoms with E-state index in [1.807, 2.05) is 0 Å². The van der Waals surface area contributed by atoms with Gasteiger partial charge in [-0.1, -0.05) is 0 Å². The molecule has 3 N–H and O–H groups in total. The van der Waals surface area contributed by atoms with Gasteiger partial charge in [0.1, 0.15) is 5.78 Å².